The number of aliphatic hydroxyl groups excluding tert-OH is 2. The van der Waals surface area contributed by atoms with Gasteiger partial charge < -0.3 is 25.2 Å². The van der Waals surface area contributed by atoms with Crippen molar-refractivity contribution in [1.29, 1.82) is 0 Å². The second-order valence-corrected chi connectivity index (χ2v) is 8.03. The molecule has 0 aliphatic rings. The van der Waals surface area contributed by atoms with E-state index < -0.39 is 6.10 Å². The zero-order chi connectivity index (χ0) is 22.1. The Morgan fingerprint density at radius 3 is 2.20 bits per heavy atom. The summed E-state index contributed by atoms with van der Waals surface area (Å²) in [5, 5.41) is 21.1. The van der Waals surface area contributed by atoms with Crippen LogP contribution in [-0.2, 0) is 10.2 Å². The van der Waals surface area contributed by atoms with E-state index >= 15 is 0 Å². The topological polar surface area (TPSA) is 82.0 Å². The molecule has 0 aliphatic heterocycles. The number of hydrogen-bond donors (Lipinski definition) is 3. The summed E-state index contributed by atoms with van der Waals surface area (Å²) in [5.74, 6) is 0.494. The first-order valence-electron chi connectivity index (χ1n) is 9.97. The van der Waals surface area contributed by atoms with Gasteiger partial charge in [-0.1, -0.05) is 44.2 Å². The number of benzene rings is 2. The van der Waals surface area contributed by atoms with Crippen molar-refractivity contribution in [2.45, 2.75) is 25.4 Å². The van der Waals surface area contributed by atoms with Crippen LogP contribution in [0.25, 0.3) is 0 Å². The van der Waals surface area contributed by atoms with Gasteiger partial charge in [0.05, 0.1) is 6.61 Å². The maximum atomic E-state index is 12.0. The zero-order valence-corrected chi connectivity index (χ0v) is 18.1. The average molecular weight is 413 g/mol. The van der Waals surface area contributed by atoms with E-state index in [0.29, 0.717) is 12.3 Å². The van der Waals surface area contributed by atoms with E-state index in [9.17, 15) is 9.90 Å². The smallest absolute Gasteiger partial charge is 0.248 e. The highest BCUT2D eigenvalue weighted by atomic mass is 16.5. The molecule has 2 rings (SSSR count). The first-order valence-corrected chi connectivity index (χ1v) is 9.97. The Labute approximate surface area is 178 Å². The lowest BCUT2D eigenvalue weighted by atomic mass is 9.78. The van der Waals surface area contributed by atoms with Crippen LogP contribution in [0.5, 0.6) is 5.75 Å². The molecular weight excluding hydrogens is 380 g/mol. The molecule has 0 aromatic heterocycles. The van der Waals surface area contributed by atoms with Crippen molar-refractivity contribution in [2.24, 2.45) is 0 Å². The third-order valence-corrected chi connectivity index (χ3v) is 4.84. The minimum Gasteiger partial charge on any atom is -0.491 e. The van der Waals surface area contributed by atoms with E-state index in [0.717, 1.165) is 16.8 Å². The van der Waals surface area contributed by atoms with Gasteiger partial charge in [-0.15, -0.1) is 0 Å². The maximum absolute atomic E-state index is 12.0. The lowest BCUT2D eigenvalue weighted by molar-refractivity contribution is -0.111. The van der Waals surface area contributed by atoms with Crippen LogP contribution in [0, 0.1) is 0 Å². The number of likely N-dealkylation sites (N-methyl/N-ethyl adjacent to an activating group) is 1. The van der Waals surface area contributed by atoms with Crippen molar-refractivity contribution >= 4 is 11.6 Å². The van der Waals surface area contributed by atoms with E-state index in [1.165, 1.54) is 0 Å². The Balaban J connectivity index is 2.02. The summed E-state index contributed by atoms with van der Waals surface area (Å²) in [6, 6.07) is 15.5. The number of carbonyl (C=O) groups excluding carboxylic acids is 1. The highest BCUT2D eigenvalue weighted by Gasteiger charge is 2.23. The van der Waals surface area contributed by atoms with Gasteiger partial charge in [0.15, 0.2) is 0 Å². The minimum atomic E-state index is -0.886. The van der Waals surface area contributed by atoms with Crippen LogP contribution in [0.2, 0.25) is 0 Å². The van der Waals surface area contributed by atoms with Crippen molar-refractivity contribution in [1.82, 2.24) is 4.90 Å². The van der Waals surface area contributed by atoms with Gasteiger partial charge in [0, 0.05) is 23.7 Å². The number of nitrogens with one attached hydrogen (secondary N) is 1. The van der Waals surface area contributed by atoms with Gasteiger partial charge in [-0.25, -0.2) is 0 Å². The van der Waals surface area contributed by atoms with E-state index in [2.05, 4.69) is 19.2 Å². The fraction of sp³-hybridized carbons (Fsp3) is 0.375. The molecule has 6 nitrogen and oxygen atoms in total. The Morgan fingerprint density at radius 1 is 1.10 bits per heavy atom. The predicted octanol–water partition coefficient (Wildman–Crippen LogP) is 2.80. The van der Waals surface area contributed by atoms with Crippen LogP contribution < -0.4 is 10.1 Å². The normalized spacial score (nSPS) is 12.9. The Bertz CT molecular complexity index is 827. The van der Waals surface area contributed by atoms with Crippen LogP contribution in [0.1, 0.15) is 25.0 Å². The lowest BCUT2D eigenvalue weighted by Crippen LogP contribution is -2.21. The van der Waals surface area contributed by atoms with Crippen LogP contribution >= 0.6 is 0 Å². The third kappa shape index (κ3) is 6.99. The van der Waals surface area contributed by atoms with Gasteiger partial charge in [0.25, 0.3) is 0 Å². The second-order valence-electron chi connectivity index (χ2n) is 8.03. The fourth-order valence-electron chi connectivity index (χ4n) is 2.90. The first kappa shape index (κ1) is 23.6. The summed E-state index contributed by atoms with van der Waals surface area (Å²) < 4.78 is 5.47. The molecule has 0 saturated carbocycles. The zero-order valence-electron chi connectivity index (χ0n) is 18.1. The van der Waals surface area contributed by atoms with Crippen LogP contribution in [-0.4, -0.2) is 61.0 Å². The largest absolute Gasteiger partial charge is 0.491 e. The van der Waals surface area contributed by atoms with Gasteiger partial charge in [-0.2, -0.15) is 0 Å². The molecule has 0 radical (unpaired) electrons. The summed E-state index contributed by atoms with van der Waals surface area (Å²) >= 11 is 0. The average Bonchev–Trinajstić information content (AvgIpc) is 2.72. The number of ether oxygens (including phenoxy) is 1. The first-order chi connectivity index (χ1) is 14.2. The summed E-state index contributed by atoms with van der Waals surface area (Å²) in [6.07, 6.45) is 2.48. The highest BCUT2D eigenvalue weighted by Crippen LogP contribution is 2.33. The maximum Gasteiger partial charge on any atom is 0.248 e. The molecule has 2 aromatic rings. The molecule has 0 saturated heterocycles. The Hall–Kier alpha value is -2.67. The molecule has 0 bridgehead atoms. The molecule has 0 spiro atoms. The number of hydrogen-bond acceptors (Lipinski definition) is 5. The Morgan fingerprint density at radius 2 is 1.67 bits per heavy atom. The standard InChI is InChI=1S/C24H32N2O4/c1-24(2,19-9-13-22(14-10-19)30-17-21(28)16-27)18-7-11-20(12-8-18)25-23(29)6-5-15-26(3)4/h5-14,21,27-28H,15-17H2,1-4H3,(H,25,29)/b6-5+. The molecule has 1 unspecified atom stereocenters. The molecular formula is C24H32N2O4. The molecule has 0 heterocycles. The van der Waals surface area contributed by atoms with Crippen molar-refractivity contribution in [3.8, 4) is 5.75 Å². The summed E-state index contributed by atoms with van der Waals surface area (Å²) in [7, 11) is 3.90. The molecule has 1 amide bonds. The van der Waals surface area contributed by atoms with Crippen LogP contribution in [0.4, 0.5) is 5.69 Å². The van der Waals surface area contributed by atoms with Gasteiger partial charge in [0.1, 0.15) is 18.5 Å². The predicted molar refractivity (Wildman–Crippen MR) is 120 cm³/mol. The molecule has 1 atom stereocenters. The number of nitrogens with zero attached hydrogens (tertiary/aromatic N) is 1. The van der Waals surface area contributed by atoms with E-state index in [-0.39, 0.29) is 24.5 Å². The summed E-state index contributed by atoms with van der Waals surface area (Å²) in [4.78, 5) is 14.0. The van der Waals surface area contributed by atoms with Gasteiger partial charge in [0.2, 0.25) is 5.91 Å². The molecule has 30 heavy (non-hydrogen) atoms. The van der Waals surface area contributed by atoms with E-state index in [4.69, 9.17) is 9.84 Å². The van der Waals surface area contributed by atoms with E-state index in [1.54, 1.807) is 6.08 Å². The highest BCUT2D eigenvalue weighted by molar-refractivity contribution is 5.99. The number of aliphatic hydroxyl groups is 2. The SMILES string of the molecule is CN(C)C/C=C/C(=O)Nc1ccc(C(C)(C)c2ccc(OCC(O)CO)cc2)cc1. The van der Waals surface area contributed by atoms with Crippen LogP contribution in [0.15, 0.2) is 60.7 Å². The molecule has 3 N–H and O–H groups in total. The lowest BCUT2D eigenvalue weighted by Gasteiger charge is -2.26. The second kappa shape index (κ2) is 10.9. The van der Waals surface area contributed by atoms with Crippen molar-refractivity contribution in [2.75, 3.05) is 39.2 Å². The van der Waals surface area contributed by atoms with Gasteiger partial charge in [-0.05, 0) is 49.5 Å². The number of amides is 1. The molecule has 162 valence electrons. The van der Waals surface area contributed by atoms with E-state index in [1.807, 2.05) is 73.6 Å². The molecule has 0 fully saturated rings. The van der Waals surface area contributed by atoms with Crippen molar-refractivity contribution in [3.05, 3.63) is 71.8 Å². The molecule has 0 aliphatic carbocycles. The molecule has 6 heteroatoms. The fourth-order valence-corrected chi connectivity index (χ4v) is 2.90. The Kier molecular flexibility index (Phi) is 8.59. The summed E-state index contributed by atoms with van der Waals surface area (Å²) in [6.45, 7) is 4.71. The number of rotatable bonds is 10. The van der Waals surface area contributed by atoms with Crippen LogP contribution in [0.3, 0.4) is 0 Å². The van der Waals surface area contributed by atoms with Gasteiger partial charge in [-0.3, -0.25) is 4.79 Å². The number of anilines is 1. The monoisotopic (exact) mass is 412 g/mol. The number of carbonyl (C=O) groups is 1. The summed E-state index contributed by atoms with van der Waals surface area (Å²) in [5.41, 5.74) is 2.74. The quantitative estimate of drug-likeness (QED) is 0.523. The third-order valence-electron chi connectivity index (χ3n) is 4.84. The minimum absolute atomic E-state index is 0.0523. The van der Waals surface area contributed by atoms with Crippen molar-refractivity contribution in [3.63, 3.8) is 0 Å². The molecule has 2 aromatic carbocycles. The van der Waals surface area contributed by atoms with Gasteiger partial charge >= 0.3 is 0 Å². The van der Waals surface area contributed by atoms with Crippen molar-refractivity contribution < 1.29 is 19.7 Å².